The van der Waals surface area contributed by atoms with E-state index in [1.807, 2.05) is 30.3 Å². The maximum atomic E-state index is 6.06. The van der Waals surface area contributed by atoms with Crippen LogP contribution in [-0.4, -0.2) is 24.7 Å². The van der Waals surface area contributed by atoms with E-state index in [0.29, 0.717) is 18.0 Å². The largest absolute Gasteiger partial charge is 0.377 e. The van der Waals surface area contributed by atoms with Gasteiger partial charge < -0.3 is 15.8 Å². The van der Waals surface area contributed by atoms with E-state index in [4.69, 9.17) is 15.5 Å². The Morgan fingerprint density at radius 3 is 2.76 bits per heavy atom. The van der Waals surface area contributed by atoms with Gasteiger partial charge >= 0.3 is 0 Å². The number of ether oxygens (including phenoxy) is 1. The lowest BCUT2D eigenvalue weighted by molar-refractivity contribution is -0.182. The van der Waals surface area contributed by atoms with Crippen LogP contribution in [-0.2, 0) is 4.74 Å². The number of rotatable bonds is 2. The molecule has 4 nitrogen and oxygen atoms in total. The van der Waals surface area contributed by atoms with Gasteiger partial charge in [-0.3, -0.25) is 0 Å². The number of guanidine groups is 1. The SMILES string of the molecule is CC1(C)C(N=C(N)Nc2ccccc2)C2CCCOC21.I. The van der Waals surface area contributed by atoms with Gasteiger partial charge in [-0.05, 0) is 25.0 Å². The zero-order chi connectivity index (χ0) is 14.2. The number of nitrogens with one attached hydrogen (secondary N) is 1. The normalized spacial score (nSPS) is 30.6. The molecule has 1 saturated heterocycles. The van der Waals surface area contributed by atoms with Crippen LogP contribution in [0.15, 0.2) is 35.3 Å². The van der Waals surface area contributed by atoms with Crippen LogP contribution in [0.3, 0.4) is 0 Å². The molecule has 1 aliphatic heterocycles. The average molecular weight is 401 g/mol. The number of hydrogen-bond donors (Lipinski definition) is 2. The standard InChI is InChI=1S/C16H23N3O.HI/c1-16(2)13(12-9-6-10-20-14(12)16)19-15(17)18-11-7-4-3-5-8-11;/h3-5,7-8,12-14H,6,9-10H2,1-2H3,(H3,17,18,19);1H. The second-order valence-electron chi connectivity index (χ2n) is 6.37. The number of halogens is 1. The number of hydrogen-bond acceptors (Lipinski definition) is 2. The molecule has 3 unspecified atom stereocenters. The van der Waals surface area contributed by atoms with Crippen LogP contribution >= 0.6 is 24.0 Å². The molecule has 116 valence electrons. The van der Waals surface area contributed by atoms with Gasteiger partial charge in [0.2, 0.25) is 0 Å². The minimum atomic E-state index is 0. The number of anilines is 1. The van der Waals surface area contributed by atoms with Crippen molar-refractivity contribution in [3.63, 3.8) is 0 Å². The smallest absolute Gasteiger partial charge is 0.193 e. The lowest BCUT2D eigenvalue weighted by Gasteiger charge is -2.58. The van der Waals surface area contributed by atoms with Gasteiger partial charge in [-0.2, -0.15) is 0 Å². The van der Waals surface area contributed by atoms with Crippen molar-refractivity contribution < 1.29 is 4.74 Å². The van der Waals surface area contributed by atoms with E-state index in [-0.39, 0.29) is 35.4 Å². The summed E-state index contributed by atoms with van der Waals surface area (Å²) in [6.07, 6.45) is 2.67. The maximum absolute atomic E-state index is 6.06. The molecule has 1 aliphatic carbocycles. The molecule has 1 aromatic rings. The molecule has 3 N–H and O–H groups in total. The lowest BCUT2D eigenvalue weighted by Crippen LogP contribution is -2.64. The fourth-order valence-corrected chi connectivity index (χ4v) is 3.61. The predicted molar refractivity (Wildman–Crippen MR) is 97.1 cm³/mol. The molecule has 2 aliphatic rings. The molecule has 3 atom stereocenters. The Labute approximate surface area is 143 Å². The number of fused-ring (bicyclic) bond motifs is 1. The van der Waals surface area contributed by atoms with Crippen LogP contribution in [0.5, 0.6) is 0 Å². The van der Waals surface area contributed by atoms with Gasteiger partial charge in [-0.25, -0.2) is 4.99 Å². The van der Waals surface area contributed by atoms with E-state index in [2.05, 4.69) is 19.2 Å². The average Bonchev–Trinajstić information content (AvgIpc) is 2.46. The minimum absolute atomic E-state index is 0. The molecule has 5 heteroatoms. The van der Waals surface area contributed by atoms with Crippen molar-refractivity contribution in [2.45, 2.75) is 38.8 Å². The second kappa shape index (κ2) is 6.52. The summed E-state index contributed by atoms with van der Waals surface area (Å²) in [5.74, 6) is 1.02. The van der Waals surface area contributed by atoms with Crippen molar-refractivity contribution in [3.05, 3.63) is 30.3 Å². The van der Waals surface area contributed by atoms with E-state index in [1.54, 1.807) is 0 Å². The zero-order valence-electron chi connectivity index (χ0n) is 12.6. The molecule has 0 radical (unpaired) electrons. The molecule has 21 heavy (non-hydrogen) atoms. The fraction of sp³-hybridized carbons (Fsp3) is 0.562. The molecule has 1 saturated carbocycles. The molecular weight excluding hydrogens is 377 g/mol. The Bertz CT molecular complexity index is 504. The van der Waals surface area contributed by atoms with Gasteiger partial charge in [0.25, 0.3) is 0 Å². The van der Waals surface area contributed by atoms with Gasteiger partial charge in [0.05, 0.1) is 12.1 Å². The van der Waals surface area contributed by atoms with Gasteiger partial charge in [0.1, 0.15) is 0 Å². The Morgan fingerprint density at radius 1 is 1.33 bits per heavy atom. The van der Waals surface area contributed by atoms with Crippen LogP contribution < -0.4 is 11.1 Å². The highest BCUT2D eigenvalue weighted by Crippen LogP contribution is 2.53. The quantitative estimate of drug-likeness (QED) is 0.455. The van der Waals surface area contributed by atoms with Gasteiger partial charge in [-0.1, -0.05) is 32.0 Å². The minimum Gasteiger partial charge on any atom is -0.377 e. The fourth-order valence-electron chi connectivity index (χ4n) is 3.61. The van der Waals surface area contributed by atoms with Crippen LogP contribution in [0.1, 0.15) is 26.7 Å². The number of aliphatic imine (C=N–C) groups is 1. The molecule has 1 heterocycles. The number of nitrogens with zero attached hydrogens (tertiary/aromatic N) is 1. The number of benzene rings is 1. The monoisotopic (exact) mass is 401 g/mol. The van der Waals surface area contributed by atoms with Gasteiger partial charge in [-0.15, -0.1) is 24.0 Å². The Balaban J connectivity index is 0.00000161. The summed E-state index contributed by atoms with van der Waals surface area (Å²) in [5, 5.41) is 3.16. The lowest BCUT2D eigenvalue weighted by atomic mass is 9.55. The number of para-hydroxylation sites is 1. The molecule has 0 aromatic heterocycles. The first-order chi connectivity index (χ1) is 9.59. The Kier molecular flexibility index (Phi) is 5.14. The highest BCUT2D eigenvalue weighted by Gasteiger charge is 2.58. The maximum Gasteiger partial charge on any atom is 0.193 e. The summed E-state index contributed by atoms with van der Waals surface area (Å²) in [5.41, 5.74) is 7.11. The highest BCUT2D eigenvalue weighted by atomic mass is 127. The molecule has 2 fully saturated rings. The summed E-state index contributed by atoms with van der Waals surface area (Å²) in [7, 11) is 0. The summed E-state index contributed by atoms with van der Waals surface area (Å²) in [6.45, 7) is 5.34. The van der Waals surface area contributed by atoms with Crippen molar-refractivity contribution in [2.75, 3.05) is 11.9 Å². The summed E-state index contributed by atoms with van der Waals surface area (Å²) >= 11 is 0. The van der Waals surface area contributed by atoms with Crippen LogP contribution in [0.4, 0.5) is 5.69 Å². The van der Waals surface area contributed by atoms with Gasteiger partial charge in [0, 0.05) is 23.6 Å². The molecule has 0 amide bonds. The third-order valence-electron chi connectivity index (χ3n) is 4.59. The van der Waals surface area contributed by atoms with Crippen molar-refractivity contribution in [3.8, 4) is 0 Å². The summed E-state index contributed by atoms with van der Waals surface area (Å²) < 4.78 is 5.89. The Morgan fingerprint density at radius 2 is 2.05 bits per heavy atom. The van der Waals surface area contributed by atoms with Crippen LogP contribution in [0.25, 0.3) is 0 Å². The van der Waals surface area contributed by atoms with E-state index in [1.165, 1.54) is 6.42 Å². The van der Waals surface area contributed by atoms with Crippen molar-refractivity contribution >= 4 is 35.6 Å². The van der Waals surface area contributed by atoms with Gasteiger partial charge in [0.15, 0.2) is 5.96 Å². The predicted octanol–water partition coefficient (Wildman–Crippen LogP) is 3.23. The summed E-state index contributed by atoms with van der Waals surface area (Å²) in [4.78, 5) is 4.72. The molecule has 0 bridgehead atoms. The van der Waals surface area contributed by atoms with Crippen molar-refractivity contribution in [1.82, 2.24) is 0 Å². The molecule has 3 rings (SSSR count). The highest BCUT2D eigenvalue weighted by molar-refractivity contribution is 14.0. The van der Waals surface area contributed by atoms with E-state index >= 15 is 0 Å². The Hall–Kier alpha value is -0.820. The molecule has 0 spiro atoms. The van der Waals surface area contributed by atoms with Crippen molar-refractivity contribution in [2.24, 2.45) is 22.1 Å². The third kappa shape index (κ3) is 3.18. The molecular formula is C16H24IN3O. The van der Waals surface area contributed by atoms with Crippen molar-refractivity contribution in [1.29, 1.82) is 0 Å². The van der Waals surface area contributed by atoms with Crippen LogP contribution in [0.2, 0.25) is 0 Å². The zero-order valence-corrected chi connectivity index (χ0v) is 14.9. The topological polar surface area (TPSA) is 59.6 Å². The van der Waals surface area contributed by atoms with E-state index in [9.17, 15) is 0 Å². The van der Waals surface area contributed by atoms with E-state index < -0.39 is 0 Å². The second-order valence-corrected chi connectivity index (χ2v) is 6.37. The van der Waals surface area contributed by atoms with Crippen LogP contribution in [0, 0.1) is 11.3 Å². The first-order valence-corrected chi connectivity index (χ1v) is 7.36. The molecule has 1 aromatic carbocycles. The summed E-state index contributed by atoms with van der Waals surface area (Å²) in [6, 6.07) is 10.2. The first kappa shape index (κ1) is 16.5. The van der Waals surface area contributed by atoms with E-state index in [0.717, 1.165) is 18.7 Å². The first-order valence-electron chi connectivity index (χ1n) is 7.36. The third-order valence-corrected chi connectivity index (χ3v) is 4.59. The number of nitrogens with two attached hydrogens (primary N) is 1.